The van der Waals surface area contributed by atoms with Gasteiger partial charge in [0.2, 0.25) is 0 Å². The van der Waals surface area contributed by atoms with Crippen molar-refractivity contribution in [1.82, 2.24) is 20.2 Å². The van der Waals surface area contributed by atoms with E-state index in [2.05, 4.69) is 15.6 Å². The van der Waals surface area contributed by atoms with Crippen molar-refractivity contribution in [1.29, 1.82) is 0 Å². The van der Waals surface area contributed by atoms with Crippen molar-refractivity contribution in [2.24, 2.45) is 5.92 Å². The Kier molecular flexibility index (Phi) is 4.97. The fourth-order valence-corrected chi connectivity index (χ4v) is 2.46. The second kappa shape index (κ2) is 6.93. The molecule has 2 atom stereocenters. The van der Waals surface area contributed by atoms with Gasteiger partial charge in [0.15, 0.2) is 0 Å². The molecule has 110 valence electrons. The first kappa shape index (κ1) is 14.4. The monoisotopic (exact) mass is 280 g/mol. The molecular formula is C13H20N4O3. The van der Waals surface area contributed by atoms with Gasteiger partial charge in [-0.25, -0.2) is 9.78 Å². The van der Waals surface area contributed by atoms with Gasteiger partial charge < -0.3 is 20.3 Å². The minimum Gasteiger partial charge on any atom is -0.481 e. The van der Waals surface area contributed by atoms with Gasteiger partial charge in [0, 0.05) is 31.5 Å². The maximum Gasteiger partial charge on any atom is 0.315 e. The quantitative estimate of drug-likeness (QED) is 0.672. The highest BCUT2D eigenvalue weighted by atomic mass is 16.4. The number of nitrogens with zero attached hydrogens (tertiary/aromatic N) is 2. The first-order valence-corrected chi connectivity index (χ1v) is 6.88. The molecule has 1 aliphatic rings. The fraction of sp³-hybridized carbons (Fsp3) is 0.615. The number of carboxylic acid groups (broad SMARTS) is 1. The van der Waals surface area contributed by atoms with Crippen LogP contribution < -0.4 is 10.6 Å². The van der Waals surface area contributed by atoms with E-state index in [9.17, 15) is 9.59 Å². The molecule has 0 saturated heterocycles. The Balaban J connectivity index is 1.58. The molecule has 1 heterocycles. The van der Waals surface area contributed by atoms with Crippen LogP contribution in [-0.2, 0) is 11.3 Å². The van der Waals surface area contributed by atoms with Gasteiger partial charge in [-0.05, 0) is 25.7 Å². The van der Waals surface area contributed by atoms with Gasteiger partial charge >= 0.3 is 12.0 Å². The summed E-state index contributed by atoms with van der Waals surface area (Å²) in [5.41, 5.74) is 0. The molecule has 0 aromatic carbocycles. The molecule has 0 bridgehead atoms. The Labute approximate surface area is 117 Å². The maximum absolute atomic E-state index is 11.6. The normalized spacial score (nSPS) is 21.6. The van der Waals surface area contributed by atoms with E-state index in [0.29, 0.717) is 19.4 Å². The second-order valence-corrected chi connectivity index (χ2v) is 5.10. The van der Waals surface area contributed by atoms with E-state index in [4.69, 9.17) is 5.11 Å². The molecule has 7 heteroatoms. The van der Waals surface area contributed by atoms with E-state index in [1.165, 1.54) is 0 Å². The standard InChI is InChI=1S/C13H20N4O3/c18-12(19)10-2-3-11(8-10)16-13(20)15-4-1-6-17-7-5-14-9-17/h5,7,9-11H,1-4,6,8H2,(H,18,19)(H2,15,16,20)/t10-,11+/m1/s1. The van der Waals surface area contributed by atoms with Crippen LogP contribution >= 0.6 is 0 Å². The predicted octanol–water partition coefficient (Wildman–Crippen LogP) is 0.826. The zero-order valence-corrected chi connectivity index (χ0v) is 11.3. The van der Waals surface area contributed by atoms with Crippen molar-refractivity contribution in [3.8, 4) is 0 Å². The van der Waals surface area contributed by atoms with Crippen molar-refractivity contribution < 1.29 is 14.7 Å². The van der Waals surface area contributed by atoms with Gasteiger partial charge in [-0.15, -0.1) is 0 Å². The third-order valence-corrected chi connectivity index (χ3v) is 3.55. The maximum atomic E-state index is 11.6. The lowest BCUT2D eigenvalue weighted by atomic mass is 10.1. The number of urea groups is 1. The zero-order chi connectivity index (χ0) is 14.4. The van der Waals surface area contributed by atoms with Crippen molar-refractivity contribution >= 4 is 12.0 Å². The minimum atomic E-state index is -0.768. The van der Waals surface area contributed by atoms with Crippen LogP contribution in [-0.4, -0.2) is 39.2 Å². The highest BCUT2D eigenvalue weighted by Crippen LogP contribution is 2.25. The molecule has 7 nitrogen and oxygen atoms in total. The average molecular weight is 280 g/mol. The van der Waals surface area contributed by atoms with E-state index in [1.807, 2.05) is 10.8 Å². The van der Waals surface area contributed by atoms with Gasteiger partial charge in [-0.2, -0.15) is 0 Å². The SMILES string of the molecule is O=C(NCCCn1ccnc1)N[C@H]1CC[C@@H](C(=O)O)C1. The Morgan fingerprint density at radius 2 is 2.25 bits per heavy atom. The number of nitrogens with one attached hydrogen (secondary N) is 2. The largest absolute Gasteiger partial charge is 0.481 e. The minimum absolute atomic E-state index is 0.0234. The molecule has 2 amide bonds. The van der Waals surface area contributed by atoms with Crippen LogP contribution in [0.2, 0.25) is 0 Å². The fourth-order valence-electron chi connectivity index (χ4n) is 2.46. The van der Waals surface area contributed by atoms with Crippen LogP contribution in [0.25, 0.3) is 0 Å². The van der Waals surface area contributed by atoms with Crippen LogP contribution in [0.3, 0.4) is 0 Å². The summed E-state index contributed by atoms with van der Waals surface area (Å²) < 4.78 is 1.95. The number of carbonyl (C=O) groups is 2. The number of carbonyl (C=O) groups excluding carboxylic acids is 1. The molecule has 2 rings (SSSR count). The Morgan fingerprint density at radius 3 is 2.90 bits per heavy atom. The Bertz CT molecular complexity index is 446. The zero-order valence-electron chi connectivity index (χ0n) is 11.3. The van der Waals surface area contributed by atoms with Crippen molar-refractivity contribution in [3.63, 3.8) is 0 Å². The van der Waals surface area contributed by atoms with Crippen molar-refractivity contribution in [3.05, 3.63) is 18.7 Å². The van der Waals surface area contributed by atoms with Gasteiger partial charge in [0.05, 0.1) is 12.2 Å². The van der Waals surface area contributed by atoms with Crippen LogP contribution in [0.15, 0.2) is 18.7 Å². The number of aryl methyl sites for hydroxylation is 1. The van der Waals surface area contributed by atoms with Gasteiger partial charge in [-0.1, -0.05) is 0 Å². The van der Waals surface area contributed by atoms with Gasteiger partial charge in [0.1, 0.15) is 0 Å². The molecule has 0 spiro atoms. The van der Waals surface area contributed by atoms with Gasteiger partial charge in [-0.3, -0.25) is 4.79 Å². The highest BCUT2D eigenvalue weighted by molar-refractivity contribution is 5.75. The summed E-state index contributed by atoms with van der Waals surface area (Å²) in [5, 5.41) is 14.5. The molecule has 1 saturated carbocycles. The van der Waals surface area contributed by atoms with E-state index in [1.54, 1.807) is 12.5 Å². The molecule has 1 aromatic heterocycles. The molecule has 0 unspecified atom stereocenters. The number of hydrogen-bond donors (Lipinski definition) is 3. The summed E-state index contributed by atoms with van der Waals surface area (Å²) in [6, 6.07) is -0.239. The number of aromatic nitrogens is 2. The van der Waals surface area contributed by atoms with E-state index < -0.39 is 5.97 Å². The molecule has 3 N–H and O–H groups in total. The summed E-state index contributed by atoms with van der Waals surface area (Å²) in [5.74, 6) is -1.09. The number of rotatable bonds is 6. The van der Waals surface area contributed by atoms with E-state index in [0.717, 1.165) is 19.4 Å². The third-order valence-electron chi connectivity index (χ3n) is 3.55. The highest BCUT2D eigenvalue weighted by Gasteiger charge is 2.30. The lowest BCUT2D eigenvalue weighted by molar-refractivity contribution is -0.141. The van der Waals surface area contributed by atoms with Gasteiger partial charge in [0.25, 0.3) is 0 Å². The molecule has 1 fully saturated rings. The summed E-state index contributed by atoms with van der Waals surface area (Å²) in [6.45, 7) is 1.39. The Hall–Kier alpha value is -2.05. The summed E-state index contributed by atoms with van der Waals surface area (Å²) in [7, 11) is 0. The lowest BCUT2D eigenvalue weighted by Crippen LogP contribution is -2.41. The molecule has 0 aliphatic heterocycles. The van der Waals surface area contributed by atoms with Crippen LogP contribution in [0.4, 0.5) is 4.79 Å². The first-order valence-electron chi connectivity index (χ1n) is 6.88. The summed E-state index contributed by atoms with van der Waals surface area (Å²) in [6.07, 6.45) is 8.07. The van der Waals surface area contributed by atoms with E-state index in [-0.39, 0.29) is 18.0 Å². The third kappa shape index (κ3) is 4.25. The topological polar surface area (TPSA) is 96.3 Å². The van der Waals surface area contributed by atoms with Crippen LogP contribution in [0, 0.1) is 5.92 Å². The number of carboxylic acids is 1. The summed E-state index contributed by atoms with van der Waals surface area (Å²) in [4.78, 5) is 26.4. The number of amides is 2. The molecule has 1 aliphatic carbocycles. The number of hydrogen-bond acceptors (Lipinski definition) is 3. The lowest BCUT2D eigenvalue weighted by Gasteiger charge is -2.13. The summed E-state index contributed by atoms with van der Waals surface area (Å²) >= 11 is 0. The number of imidazole rings is 1. The molecular weight excluding hydrogens is 260 g/mol. The van der Waals surface area contributed by atoms with Crippen LogP contribution in [0.1, 0.15) is 25.7 Å². The smallest absolute Gasteiger partial charge is 0.315 e. The predicted molar refractivity (Wildman–Crippen MR) is 72.1 cm³/mol. The molecule has 20 heavy (non-hydrogen) atoms. The van der Waals surface area contributed by atoms with E-state index >= 15 is 0 Å². The molecule has 0 radical (unpaired) electrons. The van der Waals surface area contributed by atoms with Crippen molar-refractivity contribution in [2.45, 2.75) is 38.3 Å². The second-order valence-electron chi connectivity index (χ2n) is 5.10. The van der Waals surface area contributed by atoms with Crippen molar-refractivity contribution in [2.75, 3.05) is 6.54 Å². The Morgan fingerprint density at radius 1 is 1.40 bits per heavy atom. The first-order chi connectivity index (χ1) is 9.65. The molecule has 1 aromatic rings. The number of aliphatic carboxylic acids is 1. The van der Waals surface area contributed by atoms with Crippen LogP contribution in [0.5, 0.6) is 0 Å². The average Bonchev–Trinajstić information content (AvgIpc) is 3.05.